The third-order valence-electron chi connectivity index (χ3n) is 3.61. The maximum absolute atomic E-state index is 6.03. The molecule has 0 radical (unpaired) electrons. The second-order valence-corrected chi connectivity index (χ2v) is 5.69. The standard InChI is InChI=1S/C20H18ClNO2/c1-3-24-19-11-5-14(12-20(19)23-2)4-9-17-10-7-15-6-8-16(21)13-18(15)22-17/h4-13H,3H2,1-2H3/b9-4+. The van der Waals surface area contributed by atoms with Crippen LogP contribution in [0.5, 0.6) is 11.5 Å². The van der Waals surface area contributed by atoms with E-state index in [-0.39, 0.29) is 0 Å². The van der Waals surface area contributed by atoms with Crippen molar-refractivity contribution in [3.05, 3.63) is 64.8 Å². The van der Waals surface area contributed by atoms with E-state index in [1.807, 2.05) is 67.6 Å². The van der Waals surface area contributed by atoms with Crippen molar-refractivity contribution in [1.29, 1.82) is 0 Å². The van der Waals surface area contributed by atoms with Crippen molar-refractivity contribution in [3.8, 4) is 11.5 Å². The predicted molar refractivity (Wildman–Crippen MR) is 99.8 cm³/mol. The van der Waals surface area contributed by atoms with Gasteiger partial charge < -0.3 is 9.47 Å². The van der Waals surface area contributed by atoms with Crippen molar-refractivity contribution in [2.24, 2.45) is 0 Å². The number of rotatable bonds is 5. The highest BCUT2D eigenvalue weighted by Crippen LogP contribution is 2.28. The summed E-state index contributed by atoms with van der Waals surface area (Å²) in [5.74, 6) is 1.47. The summed E-state index contributed by atoms with van der Waals surface area (Å²) >= 11 is 6.03. The highest BCUT2D eigenvalue weighted by molar-refractivity contribution is 6.31. The van der Waals surface area contributed by atoms with Crippen LogP contribution in [-0.2, 0) is 0 Å². The fourth-order valence-electron chi connectivity index (χ4n) is 2.44. The molecule has 0 fully saturated rings. The lowest BCUT2D eigenvalue weighted by Crippen LogP contribution is -1.95. The van der Waals surface area contributed by atoms with E-state index < -0.39 is 0 Å². The van der Waals surface area contributed by atoms with Crippen LogP contribution >= 0.6 is 11.6 Å². The lowest BCUT2D eigenvalue weighted by molar-refractivity contribution is 0.311. The molecule has 0 spiro atoms. The van der Waals surface area contributed by atoms with Gasteiger partial charge in [0.25, 0.3) is 0 Å². The molecule has 0 N–H and O–H groups in total. The summed E-state index contributed by atoms with van der Waals surface area (Å²) in [6, 6.07) is 15.6. The largest absolute Gasteiger partial charge is 0.493 e. The first-order chi connectivity index (χ1) is 11.7. The minimum atomic E-state index is 0.606. The Kier molecular flexibility index (Phi) is 5.02. The summed E-state index contributed by atoms with van der Waals surface area (Å²) < 4.78 is 10.9. The number of ether oxygens (including phenoxy) is 2. The minimum absolute atomic E-state index is 0.606. The summed E-state index contributed by atoms with van der Waals surface area (Å²) in [4.78, 5) is 4.61. The first-order valence-electron chi connectivity index (χ1n) is 7.75. The Morgan fingerprint density at radius 1 is 1.00 bits per heavy atom. The minimum Gasteiger partial charge on any atom is -0.493 e. The Hall–Kier alpha value is -2.52. The lowest BCUT2D eigenvalue weighted by Gasteiger charge is -2.09. The molecule has 0 saturated heterocycles. The molecule has 122 valence electrons. The first-order valence-corrected chi connectivity index (χ1v) is 8.12. The molecule has 0 aliphatic carbocycles. The molecular weight excluding hydrogens is 322 g/mol. The maximum atomic E-state index is 6.03. The van der Waals surface area contributed by atoms with Gasteiger partial charge >= 0.3 is 0 Å². The summed E-state index contributed by atoms with van der Waals surface area (Å²) in [5.41, 5.74) is 2.77. The van der Waals surface area contributed by atoms with Gasteiger partial charge in [0.05, 0.1) is 24.9 Å². The highest BCUT2D eigenvalue weighted by atomic mass is 35.5. The zero-order valence-electron chi connectivity index (χ0n) is 13.6. The number of nitrogens with zero attached hydrogens (tertiary/aromatic N) is 1. The summed E-state index contributed by atoms with van der Waals surface area (Å²) in [5, 5.41) is 1.76. The Bertz CT molecular complexity index is 890. The highest BCUT2D eigenvalue weighted by Gasteiger charge is 2.04. The molecule has 1 aromatic heterocycles. The maximum Gasteiger partial charge on any atom is 0.161 e. The molecule has 0 aliphatic heterocycles. The van der Waals surface area contributed by atoms with Gasteiger partial charge in [0, 0.05) is 10.4 Å². The number of hydrogen-bond acceptors (Lipinski definition) is 3. The van der Waals surface area contributed by atoms with E-state index in [2.05, 4.69) is 4.98 Å². The Balaban J connectivity index is 1.87. The molecule has 0 atom stereocenters. The molecule has 0 unspecified atom stereocenters. The van der Waals surface area contributed by atoms with Crippen molar-refractivity contribution < 1.29 is 9.47 Å². The Morgan fingerprint density at radius 3 is 2.62 bits per heavy atom. The smallest absolute Gasteiger partial charge is 0.161 e. The van der Waals surface area contributed by atoms with E-state index in [9.17, 15) is 0 Å². The van der Waals surface area contributed by atoms with E-state index in [1.54, 1.807) is 7.11 Å². The van der Waals surface area contributed by atoms with Gasteiger partial charge in [-0.05, 0) is 48.9 Å². The zero-order valence-corrected chi connectivity index (χ0v) is 14.4. The van der Waals surface area contributed by atoms with E-state index in [1.165, 1.54) is 0 Å². The number of halogens is 1. The molecule has 1 heterocycles. The van der Waals surface area contributed by atoms with Gasteiger partial charge in [-0.15, -0.1) is 0 Å². The average Bonchev–Trinajstić information content (AvgIpc) is 2.60. The second kappa shape index (κ2) is 7.37. The Morgan fingerprint density at radius 2 is 1.83 bits per heavy atom. The van der Waals surface area contributed by atoms with E-state index in [0.717, 1.165) is 33.7 Å². The van der Waals surface area contributed by atoms with Crippen molar-refractivity contribution >= 4 is 34.7 Å². The molecule has 3 aromatic rings. The molecule has 2 aromatic carbocycles. The molecule has 0 saturated carbocycles. The Labute approximate surface area is 146 Å². The molecule has 3 nitrogen and oxygen atoms in total. The van der Waals surface area contributed by atoms with Crippen molar-refractivity contribution in [1.82, 2.24) is 4.98 Å². The van der Waals surface area contributed by atoms with E-state index >= 15 is 0 Å². The number of aromatic nitrogens is 1. The van der Waals surface area contributed by atoms with Gasteiger partial charge in [0.1, 0.15) is 0 Å². The number of methoxy groups -OCH3 is 1. The van der Waals surface area contributed by atoms with Gasteiger partial charge in [-0.2, -0.15) is 0 Å². The normalized spacial score (nSPS) is 11.1. The van der Waals surface area contributed by atoms with E-state index in [0.29, 0.717) is 11.6 Å². The fraction of sp³-hybridized carbons (Fsp3) is 0.150. The quantitative estimate of drug-likeness (QED) is 0.618. The predicted octanol–water partition coefficient (Wildman–Crippen LogP) is 5.47. The van der Waals surface area contributed by atoms with Crippen molar-refractivity contribution in [2.45, 2.75) is 6.92 Å². The van der Waals surface area contributed by atoms with Crippen LogP contribution in [0.3, 0.4) is 0 Å². The van der Waals surface area contributed by atoms with Crippen LogP contribution in [0.1, 0.15) is 18.2 Å². The molecule has 3 rings (SSSR count). The lowest BCUT2D eigenvalue weighted by atomic mass is 10.1. The number of hydrogen-bond donors (Lipinski definition) is 0. The monoisotopic (exact) mass is 339 g/mol. The van der Waals surface area contributed by atoms with Crippen molar-refractivity contribution in [3.63, 3.8) is 0 Å². The third kappa shape index (κ3) is 3.69. The average molecular weight is 340 g/mol. The zero-order chi connectivity index (χ0) is 16.9. The van der Waals surface area contributed by atoms with Crippen LogP contribution in [0, 0.1) is 0 Å². The van der Waals surface area contributed by atoms with Gasteiger partial charge in [-0.3, -0.25) is 0 Å². The van der Waals surface area contributed by atoms with Gasteiger partial charge in [0.15, 0.2) is 11.5 Å². The SMILES string of the molecule is CCOc1ccc(/C=C/c2ccc3ccc(Cl)cc3n2)cc1OC. The second-order valence-electron chi connectivity index (χ2n) is 5.25. The summed E-state index contributed by atoms with van der Waals surface area (Å²) in [6.07, 6.45) is 3.96. The molecule has 24 heavy (non-hydrogen) atoms. The van der Waals surface area contributed by atoms with Gasteiger partial charge in [0.2, 0.25) is 0 Å². The number of pyridine rings is 1. The van der Waals surface area contributed by atoms with Gasteiger partial charge in [-0.25, -0.2) is 4.98 Å². The van der Waals surface area contributed by atoms with Crippen LogP contribution in [0.4, 0.5) is 0 Å². The number of fused-ring (bicyclic) bond motifs is 1. The molecule has 4 heteroatoms. The summed E-state index contributed by atoms with van der Waals surface area (Å²) in [6.45, 7) is 2.56. The van der Waals surface area contributed by atoms with Gasteiger partial charge in [-0.1, -0.05) is 35.9 Å². The topological polar surface area (TPSA) is 31.4 Å². The fourth-order valence-corrected chi connectivity index (χ4v) is 2.61. The van der Waals surface area contributed by atoms with E-state index in [4.69, 9.17) is 21.1 Å². The molecule has 0 bridgehead atoms. The van der Waals surface area contributed by atoms with Crippen LogP contribution in [-0.4, -0.2) is 18.7 Å². The number of benzene rings is 2. The van der Waals surface area contributed by atoms with Crippen molar-refractivity contribution in [2.75, 3.05) is 13.7 Å². The molecule has 0 amide bonds. The van der Waals surface area contributed by atoms with Crippen LogP contribution in [0.25, 0.3) is 23.1 Å². The van der Waals surface area contributed by atoms with Crippen LogP contribution < -0.4 is 9.47 Å². The third-order valence-corrected chi connectivity index (χ3v) is 3.84. The molecular formula is C20H18ClNO2. The van der Waals surface area contributed by atoms with Crippen LogP contribution in [0.15, 0.2) is 48.5 Å². The summed E-state index contributed by atoms with van der Waals surface area (Å²) in [7, 11) is 1.64. The first kappa shape index (κ1) is 16.3. The van der Waals surface area contributed by atoms with Crippen LogP contribution in [0.2, 0.25) is 5.02 Å². The molecule has 0 aliphatic rings.